The number of aryl methyl sites for hydroxylation is 1. The van der Waals surface area contributed by atoms with Crippen LogP contribution in [0.25, 0.3) is 0 Å². The summed E-state index contributed by atoms with van der Waals surface area (Å²) >= 11 is 0. The number of nitrogens with one attached hydrogen (secondary N) is 2. The van der Waals surface area contributed by atoms with E-state index < -0.39 is 0 Å². The highest BCUT2D eigenvalue weighted by molar-refractivity contribution is 5.79. The van der Waals surface area contributed by atoms with Crippen molar-refractivity contribution in [1.29, 1.82) is 0 Å². The monoisotopic (exact) mass is 248 g/mol. The molecule has 2 heterocycles. The Labute approximate surface area is 107 Å². The molecule has 0 saturated carbocycles. The van der Waals surface area contributed by atoms with Crippen LogP contribution >= 0.6 is 0 Å². The van der Waals surface area contributed by atoms with Crippen molar-refractivity contribution in [3.05, 3.63) is 23.7 Å². The molecule has 1 amide bonds. The van der Waals surface area contributed by atoms with E-state index in [0.717, 1.165) is 51.0 Å². The van der Waals surface area contributed by atoms with Gasteiger partial charge in [-0.25, -0.2) is 0 Å². The molecule has 98 valence electrons. The van der Waals surface area contributed by atoms with Crippen molar-refractivity contribution < 1.29 is 9.21 Å². The van der Waals surface area contributed by atoms with Gasteiger partial charge in [-0.3, -0.25) is 4.79 Å². The Balaban J connectivity index is 1.65. The zero-order valence-corrected chi connectivity index (χ0v) is 10.6. The van der Waals surface area contributed by atoms with Crippen LogP contribution in [-0.4, -0.2) is 19.0 Å². The van der Waals surface area contributed by atoms with Crippen molar-refractivity contribution in [3.8, 4) is 0 Å². The van der Waals surface area contributed by atoms with E-state index in [1.165, 1.54) is 5.56 Å². The van der Waals surface area contributed by atoms with Gasteiger partial charge in [0.05, 0.1) is 18.2 Å². The SMILES string of the molecule is O=C(NC1CCCc2occc21)C1CCCNC1. The lowest BCUT2D eigenvalue weighted by Crippen LogP contribution is -2.42. The molecule has 2 N–H and O–H groups in total. The quantitative estimate of drug-likeness (QED) is 0.838. The van der Waals surface area contributed by atoms with Gasteiger partial charge >= 0.3 is 0 Å². The van der Waals surface area contributed by atoms with Crippen molar-refractivity contribution in [3.63, 3.8) is 0 Å². The van der Waals surface area contributed by atoms with Crippen LogP contribution in [0.2, 0.25) is 0 Å². The van der Waals surface area contributed by atoms with E-state index in [9.17, 15) is 4.79 Å². The third-order valence-electron chi connectivity index (χ3n) is 4.04. The fourth-order valence-electron chi connectivity index (χ4n) is 3.00. The maximum Gasteiger partial charge on any atom is 0.224 e. The van der Waals surface area contributed by atoms with Crippen LogP contribution in [0.15, 0.2) is 16.7 Å². The average Bonchev–Trinajstić information content (AvgIpc) is 2.89. The van der Waals surface area contributed by atoms with Crippen LogP contribution in [0.1, 0.15) is 43.0 Å². The number of furan rings is 1. The lowest BCUT2D eigenvalue weighted by atomic mass is 9.92. The molecule has 1 aliphatic heterocycles. The lowest BCUT2D eigenvalue weighted by Gasteiger charge is -2.27. The Morgan fingerprint density at radius 2 is 2.33 bits per heavy atom. The molecule has 18 heavy (non-hydrogen) atoms. The zero-order chi connectivity index (χ0) is 12.4. The summed E-state index contributed by atoms with van der Waals surface area (Å²) < 4.78 is 5.45. The van der Waals surface area contributed by atoms with Gasteiger partial charge in [0.1, 0.15) is 5.76 Å². The highest BCUT2D eigenvalue weighted by atomic mass is 16.3. The molecule has 2 atom stereocenters. The molecule has 1 fully saturated rings. The van der Waals surface area contributed by atoms with Crippen LogP contribution in [0.3, 0.4) is 0 Å². The number of fused-ring (bicyclic) bond motifs is 1. The first kappa shape index (κ1) is 11.8. The number of rotatable bonds is 2. The standard InChI is InChI=1S/C14H20N2O2/c17-14(10-3-2-7-15-9-10)16-12-4-1-5-13-11(12)6-8-18-13/h6,8,10,12,15H,1-5,7,9H2,(H,16,17). The molecule has 3 rings (SSSR count). The summed E-state index contributed by atoms with van der Waals surface area (Å²) in [5.41, 5.74) is 1.18. The number of hydrogen-bond acceptors (Lipinski definition) is 3. The van der Waals surface area contributed by atoms with E-state index in [-0.39, 0.29) is 17.9 Å². The van der Waals surface area contributed by atoms with Crippen molar-refractivity contribution in [1.82, 2.24) is 10.6 Å². The zero-order valence-electron chi connectivity index (χ0n) is 10.6. The Morgan fingerprint density at radius 1 is 1.39 bits per heavy atom. The molecule has 1 aliphatic carbocycles. The van der Waals surface area contributed by atoms with Crippen LogP contribution in [-0.2, 0) is 11.2 Å². The second-order valence-electron chi connectivity index (χ2n) is 5.30. The Bertz CT molecular complexity index is 421. The van der Waals surface area contributed by atoms with Gasteiger partial charge in [-0.1, -0.05) is 0 Å². The van der Waals surface area contributed by atoms with Gasteiger partial charge in [0.2, 0.25) is 5.91 Å². The van der Waals surface area contributed by atoms with E-state index in [0.29, 0.717) is 0 Å². The predicted octanol–water partition coefficient (Wildman–Crippen LogP) is 1.77. The fraction of sp³-hybridized carbons (Fsp3) is 0.643. The molecule has 0 radical (unpaired) electrons. The first-order chi connectivity index (χ1) is 8.84. The molecular formula is C14H20N2O2. The van der Waals surface area contributed by atoms with E-state index in [2.05, 4.69) is 10.6 Å². The number of amides is 1. The van der Waals surface area contributed by atoms with Crippen molar-refractivity contribution in [2.24, 2.45) is 5.92 Å². The molecule has 4 nitrogen and oxygen atoms in total. The Hall–Kier alpha value is -1.29. The van der Waals surface area contributed by atoms with E-state index in [1.54, 1.807) is 6.26 Å². The summed E-state index contributed by atoms with van der Waals surface area (Å²) in [6.07, 6.45) is 6.95. The largest absolute Gasteiger partial charge is 0.469 e. The van der Waals surface area contributed by atoms with Crippen LogP contribution in [0.4, 0.5) is 0 Å². The van der Waals surface area contributed by atoms with Gasteiger partial charge in [-0.2, -0.15) is 0 Å². The molecule has 2 aliphatic rings. The highest BCUT2D eigenvalue weighted by Gasteiger charge is 2.27. The maximum atomic E-state index is 12.2. The molecule has 1 aromatic heterocycles. The smallest absolute Gasteiger partial charge is 0.224 e. The molecule has 1 saturated heterocycles. The fourth-order valence-corrected chi connectivity index (χ4v) is 3.00. The van der Waals surface area contributed by atoms with Gasteiger partial charge in [-0.15, -0.1) is 0 Å². The summed E-state index contributed by atoms with van der Waals surface area (Å²) in [6, 6.07) is 2.15. The van der Waals surface area contributed by atoms with Crippen molar-refractivity contribution in [2.45, 2.75) is 38.1 Å². The molecule has 0 aromatic carbocycles. The maximum absolute atomic E-state index is 12.2. The normalized spacial score (nSPS) is 27.6. The minimum Gasteiger partial charge on any atom is -0.469 e. The lowest BCUT2D eigenvalue weighted by molar-refractivity contribution is -0.126. The Kier molecular flexibility index (Phi) is 3.37. The first-order valence-electron chi connectivity index (χ1n) is 6.92. The molecule has 0 bridgehead atoms. The summed E-state index contributed by atoms with van der Waals surface area (Å²) in [6.45, 7) is 1.86. The van der Waals surface area contributed by atoms with Gasteiger partial charge in [0, 0.05) is 18.5 Å². The molecular weight excluding hydrogens is 228 g/mol. The minimum atomic E-state index is 0.135. The highest BCUT2D eigenvalue weighted by Crippen LogP contribution is 2.30. The third-order valence-corrected chi connectivity index (χ3v) is 4.04. The molecule has 1 aromatic rings. The summed E-state index contributed by atoms with van der Waals surface area (Å²) in [7, 11) is 0. The van der Waals surface area contributed by atoms with E-state index in [1.807, 2.05) is 6.07 Å². The van der Waals surface area contributed by atoms with Gasteiger partial charge in [0.15, 0.2) is 0 Å². The average molecular weight is 248 g/mol. The summed E-state index contributed by atoms with van der Waals surface area (Å²) in [4.78, 5) is 12.2. The molecule has 0 spiro atoms. The number of hydrogen-bond donors (Lipinski definition) is 2. The minimum absolute atomic E-state index is 0.135. The van der Waals surface area contributed by atoms with Gasteiger partial charge < -0.3 is 15.1 Å². The summed E-state index contributed by atoms with van der Waals surface area (Å²) in [5.74, 6) is 1.38. The van der Waals surface area contributed by atoms with Crippen LogP contribution in [0.5, 0.6) is 0 Å². The van der Waals surface area contributed by atoms with Crippen LogP contribution < -0.4 is 10.6 Å². The van der Waals surface area contributed by atoms with Crippen molar-refractivity contribution in [2.75, 3.05) is 13.1 Å². The second-order valence-corrected chi connectivity index (χ2v) is 5.30. The number of carbonyl (C=O) groups excluding carboxylic acids is 1. The predicted molar refractivity (Wildman–Crippen MR) is 68.1 cm³/mol. The van der Waals surface area contributed by atoms with Gasteiger partial charge in [-0.05, 0) is 38.3 Å². The van der Waals surface area contributed by atoms with Crippen molar-refractivity contribution >= 4 is 5.91 Å². The molecule has 4 heteroatoms. The first-order valence-corrected chi connectivity index (χ1v) is 6.92. The second kappa shape index (κ2) is 5.14. The van der Waals surface area contributed by atoms with E-state index >= 15 is 0 Å². The number of piperidine rings is 1. The Morgan fingerprint density at radius 3 is 3.17 bits per heavy atom. The number of carbonyl (C=O) groups is 1. The van der Waals surface area contributed by atoms with Gasteiger partial charge in [0.25, 0.3) is 0 Å². The van der Waals surface area contributed by atoms with Crippen LogP contribution in [0, 0.1) is 5.92 Å². The molecule has 2 unspecified atom stereocenters. The topological polar surface area (TPSA) is 54.3 Å². The third kappa shape index (κ3) is 2.29. The van der Waals surface area contributed by atoms with E-state index in [4.69, 9.17) is 4.42 Å². The summed E-state index contributed by atoms with van der Waals surface area (Å²) in [5, 5.41) is 6.48.